The number of nitrogens with zero attached hydrogens (tertiary/aromatic N) is 5. The van der Waals surface area contributed by atoms with Gasteiger partial charge in [0.2, 0.25) is 5.95 Å². The number of aromatic amines is 1. The summed E-state index contributed by atoms with van der Waals surface area (Å²) in [4.78, 5) is 15.5. The monoisotopic (exact) mass is 516 g/mol. The zero-order valence-corrected chi connectivity index (χ0v) is 23.4. The van der Waals surface area contributed by atoms with Crippen LogP contribution in [0.5, 0.6) is 0 Å². The number of aromatic nitrogens is 5. The van der Waals surface area contributed by atoms with E-state index in [1.807, 2.05) is 12.4 Å². The highest BCUT2D eigenvalue weighted by molar-refractivity contribution is 5.99. The Hall–Kier alpha value is -3.93. The van der Waals surface area contributed by atoms with Crippen molar-refractivity contribution in [1.29, 1.82) is 0 Å². The highest BCUT2D eigenvalue weighted by Crippen LogP contribution is 2.42. The molecule has 1 aliphatic carbocycles. The largest absolute Gasteiger partial charge is 0.361 e. The molecule has 7 rings (SSSR count). The number of aryl methyl sites for hydroxylation is 4. The summed E-state index contributed by atoms with van der Waals surface area (Å²) in [6.07, 6.45) is 11.5. The Morgan fingerprint density at radius 2 is 1.72 bits per heavy atom. The van der Waals surface area contributed by atoms with Crippen molar-refractivity contribution in [3.05, 3.63) is 88.0 Å². The number of H-pyrrole nitrogens is 1. The Labute approximate surface area is 230 Å². The van der Waals surface area contributed by atoms with Gasteiger partial charge in [-0.15, -0.1) is 0 Å². The van der Waals surface area contributed by atoms with E-state index in [-0.39, 0.29) is 0 Å². The third-order valence-corrected chi connectivity index (χ3v) is 8.68. The molecular formula is C33H36N6. The summed E-state index contributed by atoms with van der Waals surface area (Å²) in [5.41, 5.74) is 13.9. The normalized spacial score (nSPS) is 15.2. The minimum absolute atomic E-state index is 0.663. The third-order valence-electron chi connectivity index (χ3n) is 8.68. The van der Waals surface area contributed by atoms with Gasteiger partial charge in [-0.25, -0.2) is 14.6 Å². The fourth-order valence-electron chi connectivity index (χ4n) is 6.47. The summed E-state index contributed by atoms with van der Waals surface area (Å²) in [5.74, 6) is 1.48. The van der Waals surface area contributed by atoms with Gasteiger partial charge >= 0.3 is 0 Å². The molecule has 4 heterocycles. The first-order chi connectivity index (χ1) is 19.1. The minimum Gasteiger partial charge on any atom is -0.361 e. The molecule has 2 aliphatic rings. The van der Waals surface area contributed by atoms with Gasteiger partial charge in [-0.2, -0.15) is 5.10 Å². The van der Waals surface area contributed by atoms with Crippen molar-refractivity contribution in [3.63, 3.8) is 0 Å². The van der Waals surface area contributed by atoms with Crippen LogP contribution in [-0.2, 0) is 25.8 Å². The van der Waals surface area contributed by atoms with Gasteiger partial charge in [-0.1, -0.05) is 38.1 Å². The van der Waals surface area contributed by atoms with Crippen molar-refractivity contribution >= 4 is 16.9 Å². The number of para-hydroxylation sites is 1. The number of hydrogen-bond acceptors (Lipinski definition) is 4. The molecule has 0 radical (unpaired) electrons. The van der Waals surface area contributed by atoms with Gasteiger partial charge in [-0.05, 0) is 79.3 Å². The van der Waals surface area contributed by atoms with Gasteiger partial charge in [0.05, 0.1) is 17.1 Å². The molecule has 5 aromatic rings. The molecule has 0 spiro atoms. The van der Waals surface area contributed by atoms with E-state index in [1.54, 1.807) is 0 Å². The fraction of sp³-hybridized carbons (Fsp3) is 0.364. The second kappa shape index (κ2) is 9.37. The summed E-state index contributed by atoms with van der Waals surface area (Å²) in [6, 6.07) is 11.2. The average Bonchev–Trinajstić information content (AvgIpc) is 3.58. The highest BCUT2D eigenvalue weighted by atomic mass is 15.3. The van der Waals surface area contributed by atoms with Crippen LogP contribution >= 0.6 is 0 Å². The highest BCUT2D eigenvalue weighted by Gasteiger charge is 2.31. The summed E-state index contributed by atoms with van der Waals surface area (Å²) in [6.45, 7) is 10.5. The maximum Gasteiger partial charge on any atom is 0.225 e. The first-order valence-electron chi connectivity index (χ1n) is 14.4. The lowest BCUT2D eigenvalue weighted by Gasteiger charge is -2.27. The predicted molar refractivity (Wildman–Crippen MR) is 158 cm³/mol. The molecule has 3 aromatic heterocycles. The molecule has 6 nitrogen and oxygen atoms in total. The van der Waals surface area contributed by atoms with Crippen molar-refractivity contribution in [3.8, 4) is 16.9 Å². The predicted octanol–water partition coefficient (Wildman–Crippen LogP) is 6.99. The maximum atomic E-state index is 5.38. The van der Waals surface area contributed by atoms with E-state index < -0.39 is 0 Å². The van der Waals surface area contributed by atoms with Gasteiger partial charge in [0, 0.05) is 60.1 Å². The zero-order chi connectivity index (χ0) is 26.7. The molecule has 0 bridgehead atoms. The van der Waals surface area contributed by atoms with Gasteiger partial charge in [-0.3, -0.25) is 0 Å². The second-order valence-electron chi connectivity index (χ2n) is 11.2. The van der Waals surface area contributed by atoms with E-state index in [0.29, 0.717) is 5.92 Å². The first-order valence-corrected chi connectivity index (χ1v) is 14.4. The Kier molecular flexibility index (Phi) is 5.80. The van der Waals surface area contributed by atoms with Crippen molar-refractivity contribution in [2.75, 3.05) is 11.4 Å². The van der Waals surface area contributed by atoms with Crippen molar-refractivity contribution in [2.24, 2.45) is 0 Å². The summed E-state index contributed by atoms with van der Waals surface area (Å²) >= 11 is 0. The SMILES string of the molecule is CCc1cccc(CC)c1-n1nc2c(c1-c1c(C)cc(C)c3[nH]ccc13)CN(c1ncc(C3CC3)cn1)CC2. The van der Waals surface area contributed by atoms with Crippen molar-refractivity contribution in [2.45, 2.75) is 72.3 Å². The number of benzene rings is 2. The van der Waals surface area contributed by atoms with Crippen LogP contribution in [0.2, 0.25) is 0 Å². The Morgan fingerprint density at radius 1 is 0.974 bits per heavy atom. The molecule has 0 unspecified atom stereocenters. The van der Waals surface area contributed by atoms with E-state index in [1.165, 1.54) is 79.8 Å². The average molecular weight is 517 g/mol. The van der Waals surface area contributed by atoms with Crippen LogP contribution in [0.4, 0.5) is 5.95 Å². The van der Waals surface area contributed by atoms with E-state index in [9.17, 15) is 0 Å². The van der Waals surface area contributed by atoms with E-state index in [2.05, 4.69) is 78.8 Å². The Bertz CT molecular complexity index is 1660. The minimum atomic E-state index is 0.663. The van der Waals surface area contributed by atoms with Gasteiger partial charge in [0.25, 0.3) is 0 Å². The van der Waals surface area contributed by atoms with Crippen molar-refractivity contribution in [1.82, 2.24) is 24.7 Å². The van der Waals surface area contributed by atoms with E-state index in [0.717, 1.165) is 38.3 Å². The van der Waals surface area contributed by atoms with Gasteiger partial charge in [0.15, 0.2) is 0 Å². The van der Waals surface area contributed by atoms with E-state index >= 15 is 0 Å². The molecule has 0 atom stereocenters. The van der Waals surface area contributed by atoms with Crippen LogP contribution in [-0.4, -0.2) is 31.3 Å². The number of hydrogen-bond donors (Lipinski definition) is 1. The Morgan fingerprint density at radius 3 is 2.41 bits per heavy atom. The lowest BCUT2D eigenvalue weighted by molar-refractivity contribution is 0.693. The smallest absolute Gasteiger partial charge is 0.225 e. The summed E-state index contributed by atoms with van der Waals surface area (Å²) < 4.78 is 2.28. The van der Waals surface area contributed by atoms with Gasteiger partial charge in [0.1, 0.15) is 0 Å². The molecule has 0 saturated heterocycles. The molecular weight excluding hydrogens is 480 g/mol. The lowest BCUT2D eigenvalue weighted by Crippen LogP contribution is -2.31. The van der Waals surface area contributed by atoms with Crippen LogP contribution in [0, 0.1) is 13.8 Å². The molecule has 2 aromatic carbocycles. The molecule has 1 aliphatic heterocycles. The topological polar surface area (TPSA) is 62.6 Å². The standard InChI is InChI=1S/C33H36N6/c1-5-22-8-7-9-23(6-2)31(22)39-32(29-20(3)16-21(4)30-26(29)12-14-34-30)27-19-38(15-13-28(27)37-39)33-35-17-25(18-36-33)24-10-11-24/h7-9,12,14,16-18,24,34H,5-6,10-11,13,15,19H2,1-4H3. The summed E-state index contributed by atoms with van der Waals surface area (Å²) in [5, 5.41) is 6.64. The van der Waals surface area contributed by atoms with Crippen molar-refractivity contribution < 1.29 is 0 Å². The second-order valence-corrected chi connectivity index (χ2v) is 11.2. The number of fused-ring (bicyclic) bond motifs is 2. The summed E-state index contributed by atoms with van der Waals surface area (Å²) in [7, 11) is 0. The molecule has 1 N–H and O–H groups in total. The van der Waals surface area contributed by atoms with Crippen LogP contribution in [0.3, 0.4) is 0 Å². The molecule has 1 saturated carbocycles. The first kappa shape index (κ1) is 24.1. The zero-order valence-electron chi connectivity index (χ0n) is 23.4. The Balaban J connectivity index is 1.45. The fourth-order valence-corrected chi connectivity index (χ4v) is 6.47. The number of nitrogens with one attached hydrogen (secondary N) is 1. The van der Waals surface area contributed by atoms with E-state index in [4.69, 9.17) is 15.1 Å². The number of rotatable bonds is 6. The lowest BCUT2D eigenvalue weighted by atomic mass is 9.93. The van der Waals surface area contributed by atoms with Gasteiger partial charge < -0.3 is 9.88 Å². The molecule has 1 fully saturated rings. The maximum absolute atomic E-state index is 5.38. The van der Waals surface area contributed by atoms with Crippen LogP contribution in [0.25, 0.3) is 27.8 Å². The molecule has 6 heteroatoms. The molecule has 39 heavy (non-hydrogen) atoms. The quantitative estimate of drug-likeness (QED) is 0.264. The third kappa shape index (κ3) is 3.96. The van der Waals surface area contributed by atoms with Crippen LogP contribution in [0.1, 0.15) is 71.7 Å². The molecule has 0 amide bonds. The van der Waals surface area contributed by atoms with Crippen LogP contribution in [0.15, 0.2) is 48.9 Å². The van der Waals surface area contributed by atoms with Crippen LogP contribution < -0.4 is 4.90 Å². The molecule has 198 valence electrons. The number of anilines is 1.